The first-order valence-electron chi connectivity index (χ1n) is 16.1. The highest BCUT2D eigenvalue weighted by atomic mass is 32.2. The molecule has 0 aliphatic carbocycles. The van der Waals surface area contributed by atoms with Crippen molar-refractivity contribution in [2.45, 2.75) is 50.0 Å². The van der Waals surface area contributed by atoms with E-state index in [2.05, 4.69) is 26.9 Å². The number of rotatable bonds is 4. The number of hydrogen-bond acceptors (Lipinski definition) is 8. The van der Waals surface area contributed by atoms with E-state index in [1.165, 1.54) is 41.7 Å². The maximum Gasteiger partial charge on any atom is 0.417 e. The van der Waals surface area contributed by atoms with Crippen molar-refractivity contribution in [2.75, 3.05) is 63.5 Å². The van der Waals surface area contributed by atoms with Crippen LogP contribution in [0.25, 0.3) is 32.9 Å². The lowest BCUT2D eigenvalue weighted by atomic mass is 9.94. The van der Waals surface area contributed by atoms with Gasteiger partial charge in [-0.25, -0.2) is 9.18 Å². The summed E-state index contributed by atoms with van der Waals surface area (Å²) in [4.78, 5) is 39.5. The molecule has 3 aliphatic heterocycles. The van der Waals surface area contributed by atoms with Crippen molar-refractivity contribution in [3.63, 3.8) is 0 Å². The molecule has 2 saturated heterocycles. The number of amides is 1. The molecule has 3 atom stereocenters. The first-order chi connectivity index (χ1) is 22.7. The SMILES string of the molecule is CC(=O)N1[C@H](C)CN(c2nc(=O)n3c4c(c(-c5ccc(F)c6cnn(C)c56)c(C(F)(F)F)cc24)SCC3CN2CCN(C)CC2)C[C@@H]1C. The molecule has 7 rings (SSSR count). The van der Waals surface area contributed by atoms with Crippen molar-refractivity contribution in [1.29, 1.82) is 0 Å². The summed E-state index contributed by atoms with van der Waals surface area (Å²) < 4.78 is 63.7. The van der Waals surface area contributed by atoms with E-state index in [9.17, 15) is 14.0 Å². The van der Waals surface area contributed by atoms with Crippen LogP contribution < -0.4 is 10.6 Å². The molecule has 0 saturated carbocycles. The van der Waals surface area contributed by atoms with Gasteiger partial charge in [0.1, 0.15) is 11.6 Å². The number of aryl methyl sites for hydroxylation is 1. The van der Waals surface area contributed by atoms with E-state index in [0.29, 0.717) is 35.8 Å². The number of aromatic nitrogens is 4. The molecule has 4 aromatic rings. The molecule has 1 unspecified atom stereocenters. The fourth-order valence-corrected chi connectivity index (χ4v) is 9.18. The molecule has 5 heterocycles. The third kappa shape index (κ3) is 5.43. The second-order valence-electron chi connectivity index (χ2n) is 13.3. The molecule has 1 amide bonds. The molecule has 10 nitrogen and oxygen atoms in total. The lowest BCUT2D eigenvalue weighted by Gasteiger charge is -2.45. The second kappa shape index (κ2) is 12.0. The zero-order chi connectivity index (χ0) is 34.2. The number of likely N-dealkylation sites (N-methyl/N-ethyl adjacent to an activating group) is 1. The van der Waals surface area contributed by atoms with Crippen molar-refractivity contribution in [3.8, 4) is 11.1 Å². The number of halogens is 4. The van der Waals surface area contributed by atoms with Gasteiger partial charge in [-0.1, -0.05) is 0 Å². The van der Waals surface area contributed by atoms with E-state index in [0.717, 1.165) is 32.2 Å². The number of hydrogen-bond donors (Lipinski definition) is 0. The smallest absolute Gasteiger partial charge is 0.352 e. The van der Waals surface area contributed by atoms with Gasteiger partial charge in [0.2, 0.25) is 5.91 Å². The van der Waals surface area contributed by atoms with Gasteiger partial charge < -0.3 is 14.7 Å². The third-order valence-corrected chi connectivity index (χ3v) is 11.2. The summed E-state index contributed by atoms with van der Waals surface area (Å²) in [5, 5.41) is 4.51. The molecular formula is C33H38F4N8O2S. The van der Waals surface area contributed by atoms with E-state index in [1.54, 1.807) is 16.5 Å². The first-order valence-corrected chi connectivity index (χ1v) is 17.1. The minimum Gasteiger partial charge on any atom is -0.352 e. The minimum atomic E-state index is -4.79. The van der Waals surface area contributed by atoms with Crippen LogP contribution in [0.3, 0.4) is 0 Å². The maximum atomic E-state index is 15.3. The van der Waals surface area contributed by atoms with Crippen LogP contribution >= 0.6 is 11.8 Å². The molecule has 2 aromatic heterocycles. The monoisotopic (exact) mass is 686 g/mol. The Bertz CT molecular complexity index is 1970. The largest absolute Gasteiger partial charge is 0.417 e. The molecule has 15 heteroatoms. The van der Waals surface area contributed by atoms with Crippen molar-refractivity contribution in [1.82, 2.24) is 34.0 Å². The van der Waals surface area contributed by atoms with E-state index >= 15 is 13.2 Å². The number of carbonyl (C=O) groups excluding carboxylic acids is 1. The van der Waals surface area contributed by atoms with Gasteiger partial charge in [0, 0.05) is 99.0 Å². The lowest BCUT2D eigenvalue weighted by molar-refractivity contribution is -0.137. The molecule has 0 radical (unpaired) electrons. The Morgan fingerprint density at radius 2 is 1.71 bits per heavy atom. The Hall–Kier alpha value is -3.69. The summed E-state index contributed by atoms with van der Waals surface area (Å²) >= 11 is 1.30. The summed E-state index contributed by atoms with van der Waals surface area (Å²) in [6.45, 7) is 9.83. The van der Waals surface area contributed by atoms with Gasteiger partial charge in [-0.05, 0) is 39.1 Å². The molecule has 2 aromatic carbocycles. The van der Waals surface area contributed by atoms with E-state index in [4.69, 9.17) is 0 Å². The molecule has 2 fully saturated rings. The third-order valence-electron chi connectivity index (χ3n) is 10.00. The summed E-state index contributed by atoms with van der Waals surface area (Å²) in [6, 6.07) is 2.82. The molecule has 0 bridgehead atoms. The lowest BCUT2D eigenvalue weighted by Crippen LogP contribution is -2.58. The average Bonchev–Trinajstić information content (AvgIpc) is 3.41. The quantitative estimate of drug-likeness (QED) is 0.292. The number of fused-ring (bicyclic) bond motifs is 1. The van der Waals surface area contributed by atoms with Gasteiger partial charge in [0.25, 0.3) is 0 Å². The van der Waals surface area contributed by atoms with Gasteiger partial charge in [0.15, 0.2) is 0 Å². The van der Waals surface area contributed by atoms with Crippen LogP contribution in [-0.4, -0.2) is 111 Å². The standard InChI is InChI=1S/C33H38F4N8O2S/c1-18-14-43(15-19(2)44(18)20(3)46)31-23-12-25(33(35,36)37)27(22-6-7-26(34)24-13-38-41(5)28(22)24)30-29(23)45(32(47)39-31)21(17-48-30)16-42-10-8-40(4)9-11-42/h6-7,12-13,18-19,21H,8-11,14-17H2,1-5H3/t18-,19+,21?. The number of benzene rings is 2. The van der Waals surface area contributed by atoms with Gasteiger partial charge in [0.05, 0.1) is 34.2 Å². The average molecular weight is 687 g/mol. The van der Waals surface area contributed by atoms with Gasteiger partial charge >= 0.3 is 11.9 Å². The highest BCUT2D eigenvalue weighted by Crippen LogP contribution is 2.51. The van der Waals surface area contributed by atoms with E-state index in [-0.39, 0.29) is 57.3 Å². The maximum absolute atomic E-state index is 15.3. The number of thioether (sulfide) groups is 1. The Kier molecular flexibility index (Phi) is 8.22. The number of alkyl halides is 3. The van der Waals surface area contributed by atoms with Crippen molar-refractivity contribution in [3.05, 3.63) is 46.3 Å². The summed E-state index contributed by atoms with van der Waals surface area (Å²) in [5.74, 6) is -0.129. The topological polar surface area (TPSA) is 82.7 Å². The Morgan fingerprint density at radius 3 is 2.35 bits per heavy atom. The number of carbonyl (C=O) groups is 1. The zero-order valence-electron chi connectivity index (χ0n) is 27.5. The fourth-order valence-electron chi connectivity index (χ4n) is 7.86. The van der Waals surface area contributed by atoms with Gasteiger partial charge in [-0.2, -0.15) is 23.3 Å². The summed E-state index contributed by atoms with van der Waals surface area (Å²) in [6.07, 6.45) is -3.48. The van der Waals surface area contributed by atoms with Crippen LogP contribution in [0.15, 0.2) is 34.1 Å². The number of nitrogens with zero attached hydrogens (tertiary/aromatic N) is 8. The second-order valence-corrected chi connectivity index (χ2v) is 14.4. The fraction of sp³-hybridized carbons (Fsp3) is 0.515. The van der Waals surface area contributed by atoms with Crippen LogP contribution in [0.5, 0.6) is 0 Å². The first kappa shape index (κ1) is 32.8. The van der Waals surface area contributed by atoms with Crippen molar-refractivity contribution in [2.24, 2.45) is 7.05 Å². The minimum absolute atomic E-state index is 0.0903. The van der Waals surface area contributed by atoms with Crippen LogP contribution in [0, 0.1) is 5.82 Å². The molecular weight excluding hydrogens is 648 g/mol. The van der Waals surface area contributed by atoms with E-state index < -0.39 is 23.2 Å². The number of anilines is 1. The van der Waals surface area contributed by atoms with Crippen molar-refractivity contribution >= 4 is 45.3 Å². The molecule has 0 spiro atoms. The number of piperazine rings is 2. The highest BCUT2D eigenvalue weighted by molar-refractivity contribution is 7.99. The summed E-state index contributed by atoms with van der Waals surface area (Å²) in [7, 11) is 3.64. The van der Waals surface area contributed by atoms with Crippen LogP contribution in [0.1, 0.15) is 32.4 Å². The molecule has 3 aliphatic rings. The van der Waals surface area contributed by atoms with Crippen LogP contribution in [0.2, 0.25) is 0 Å². The Morgan fingerprint density at radius 1 is 1.02 bits per heavy atom. The predicted molar refractivity (Wildman–Crippen MR) is 178 cm³/mol. The molecule has 48 heavy (non-hydrogen) atoms. The van der Waals surface area contributed by atoms with Crippen molar-refractivity contribution < 1.29 is 22.4 Å². The zero-order valence-corrected chi connectivity index (χ0v) is 28.3. The normalized spacial score (nSPS) is 22.6. The molecule has 0 N–H and O–H groups in total. The predicted octanol–water partition coefficient (Wildman–Crippen LogP) is 4.45. The summed E-state index contributed by atoms with van der Waals surface area (Å²) in [5.41, 5.74) is -0.681. The Balaban J connectivity index is 1.50. The van der Waals surface area contributed by atoms with Gasteiger partial charge in [-0.15, -0.1) is 11.8 Å². The highest BCUT2D eigenvalue weighted by Gasteiger charge is 2.41. The van der Waals surface area contributed by atoms with E-state index in [1.807, 2.05) is 18.7 Å². The molecule has 256 valence electrons. The van der Waals surface area contributed by atoms with Gasteiger partial charge in [-0.3, -0.25) is 18.9 Å². The van der Waals surface area contributed by atoms with Crippen LogP contribution in [-0.2, 0) is 18.0 Å². The van der Waals surface area contributed by atoms with Crippen LogP contribution in [0.4, 0.5) is 23.4 Å². The Labute approximate surface area is 279 Å².